The Balaban J connectivity index is 4.40. The zero-order valence-electron chi connectivity index (χ0n) is 6.52. The molecule has 0 atom stereocenters. The van der Waals surface area contributed by atoms with Crippen LogP contribution in [0, 0.1) is 0 Å². The van der Waals surface area contributed by atoms with Crippen LogP contribution in [0.15, 0.2) is 16.3 Å². The first-order chi connectivity index (χ1) is 4.09. The molecule has 0 aromatic carbocycles. The van der Waals surface area contributed by atoms with Gasteiger partial charge in [-0.05, 0) is 26.3 Å². The van der Waals surface area contributed by atoms with E-state index in [0.29, 0.717) is 0 Å². The highest BCUT2D eigenvalue weighted by Gasteiger charge is 1.93. The fourth-order valence-corrected chi connectivity index (χ4v) is 0.453. The minimum atomic E-state index is 0.845. The fraction of sp³-hybridized carbons (Fsp3) is 0.571. The van der Waals surface area contributed by atoms with E-state index in [1.54, 1.807) is 7.05 Å². The largest absolute Gasteiger partial charge is 0.402 e. The van der Waals surface area contributed by atoms with Crippen LogP contribution in [0.5, 0.6) is 0 Å². The molecule has 0 saturated heterocycles. The summed E-state index contributed by atoms with van der Waals surface area (Å²) in [4.78, 5) is 3.99. The van der Waals surface area contributed by atoms with Crippen LogP contribution in [0.3, 0.4) is 0 Å². The lowest BCUT2D eigenvalue weighted by atomic mass is 10.2. The van der Waals surface area contributed by atoms with Gasteiger partial charge in [-0.15, -0.1) is 0 Å². The van der Waals surface area contributed by atoms with Crippen molar-refractivity contribution in [1.29, 1.82) is 0 Å². The maximum absolute atomic E-state index is 5.51. The normalized spacial score (nSPS) is 15.3. The second kappa shape index (κ2) is 3.28. The first-order valence-corrected chi connectivity index (χ1v) is 2.96. The first kappa shape index (κ1) is 8.21. The second-order valence-electron chi connectivity index (χ2n) is 2.12. The summed E-state index contributed by atoms with van der Waals surface area (Å²) in [6.07, 6.45) is 0. The third kappa shape index (κ3) is 2.31. The van der Waals surface area contributed by atoms with Gasteiger partial charge in [0.1, 0.15) is 0 Å². The number of hydrogen-bond acceptors (Lipinski definition) is 2. The average molecular weight is 126 g/mol. The number of nitrogens with two attached hydrogens (primary N) is 1. The van der Waals surface area contributed by atoms with E-state index >= 15 is 0 Å². The molecule has 0 aliphatic carbocycles. The summed E-state index contributed by atoms with van der Waals surface area (Å²) in [6.45, 7) is 5.80. The third-order valence-electron chi connectivity index (χ3n) is 1.47. The van der Waals surface area contributed by atoms with Crippen LogP contribution in [-0.4, -0.2) is 12.8 Å². The Morgan fingerprint density at radius 3 is 1.78 bits per heavy atom. The van der Waals surface area contributed by atoms with E-state index < -0.39 is 0 Å². The van der Waals surface area contributed by atoms with Crippen molar-refractivity contribution < 1.29 is 0 Å². The maximum Gasteiger partial charge on any atom is 0.0360 e. The van der Waals surface area contributed by atoms with Gasteiger partial charge >= 0.3 is 0 Å². The van der Waals surface area contributed by atoms with Gasteiger partial charge in [0.05, 0.1) is 0 Å². The Hall–Kier alpha value is -0.790. The van der Waals surface area contributed by atoms with E-state index in [0.717, 1.165) is 17.0 Å². The smallest absolute Gasteiger partial charge is 0.0360 e. The Morgan fingerprint density at radius 2 is 1.67 bits per heavy atom. The lowest BCUT2D eigenvalue weighted by molar-refractivity contribution is 1.24. The van der Waals surface area contributed by atoms with Crippen LogP contribution in [0.25, 0.3) is 0 Å². The molecule has 0 aliphatic rings. The summed E-state index contributed by atoms with van der Waals surface area (Å²) in [6, 6.07) is 0. The Morgan fingerprint density at radius 1 is 1.22 bits per heavy atom. The number of allylic oxidation sites excluding steroid dienone is 2. The molecule has 0 spiro atoms. The zero-order valence-corrected chi connectivity index (χ0v) is 6.52. The van der Waals surface area contributed by atoms with Crippen LogP contribution < -0.4 is 5.73 Å². The summed E-state index contributed by atoms with van der Waals surface area (Å²) in [5.74, 6) is 0. The average Bonchev–Trinajstić information content (AvgIpc) is 1.84. The summed E-state index contributed by atoms with van der Waals surface area (Å²) in [5, 5.41) is 0. The van der Waals surface area contributed by atoms with Gasteiger partial charge in [0.25, 0.3) is 0 Å². The predicted octanol–water partition coefficient (Wildman–Crippen LogP) is 1.33. The lowest BCUT2D eigenvalue weighted by Gasteiger charge is -1.99. The second-order valence-corrected chi connectivity index (χ2v) is 2.12. The molecular weight excluding hydrogens is 112 g/mol. The molecule has 0 bridgehead atoms. The third-order valence-corrected chi connectivity index (χ3v) is 1.47. The number of nitrogens with zero attached hydrogens (tertiary/aromatic N) is 1. The highest BCUT2D eigenvalue weighted by molar-refractivity contribution is 5.98. The van der Waals surface area contributed by atoms with E-state index in [9.17, 15) is 0 Å². The van der Waals surface area contributed by atoms with Gasteiger partial charge in [0.2, 0.25) is 0 Å². The minimum Gasteiger partial charge on any atom is -0.402 e. The van der Waals surface area contributed by atoms with Gasteiger partial charge in [-0.3, -0.25) is 4.99 Å². The molecule has 0 saturated carbocycles. The molecule has 0 amide bonds. The summed E-state index contributed by atoms with van der Waals surface area (Å²) < 4.78 is 0. The fourth-order valence-electron chi connectivity index (χ4n) is 0.453. The van der Waals surface area contributed by atoms with E-state index in [2.05, 4.69) is 4.99 Å². The quantitative estimate of drug-likeness (QED) is 0.529. The number of rotatable bonds is 1. The molecule has 0 aromatic heterocycles. The molecule has 0 aromatic rings. The van der Waals surface area contributed by atoms with Crippen LogP contribution in [0.2, 0.25) is 0 Å². The SMILES string of the molecule is C/N=C(C)\C(C)=C(\C)N. The van der Waals surface area contributed by atoms with Gasteiger partial charge in [-0.2, -0.15) is 0 Å². The zero-order chi connectivity index (χ0) is 7.44. The van der Waals surface area contributed by atoms with Gasteiger partial charge in [-0.1, -0.05) is 0 Å². The molecule has 2 heteroatoms. The maximum atomic E-state index is 5.51. The van der Waals surface area contributed by atoms with Crippen molar-refractivity contribution in [2.75, 3.05) is 7.05 Å². The first-order valence-electron chi connectivity index (χ1n) is 2.96. The van der Waals surface area contributed by atoms with Gasteiger partial charge < -0.3 is 5.73 Å². The molecular formula is C7H14N2. The van der Waals surface area contributed by atoms with Gasteiger partial charge in [0.15, 0.2) is 0 Å². The molecule has 2 N–H and O–H groups in total. The van der Waals surface area contributed by atoms with Crippen molar-refractivity contribution in [2.45, 2.75) is 20.8 Å². The lowest BCUT2D eigenvalue weighted by Crippen LogP contribution is -2.02. The highest BCUT2D eigenvalue weighted by atomic mass is 14.7. The van der Waals surface area contributed by atoms with Crippen LogP contribution in [0.1, 0.15) is 20.8 Å². The van der Waals surface area contributed by atoms with E-state index in [-0.39, 0.29) is 0 Å². The molecule has 0 fully saturated rings. The number of aliphatic imine (C=N–C) groups is 1. The monoisotopic (exact) mass is 126 g/mol. The number of hydrogen-bond donors (Lipinski definition) is 1. The van der Waals surface area contributed by atoms with Gasteiger partial charge in [-0.25, -0.2) is 0 Å². The Bertz CT molecular complexity index is 150. The summed E-state index contributed by atoms with van der Waals surface area (Å²) >= 11 is 0. The molecule has 0 unspecified atom stereocenters. The van der Waals surface area contributed by atoms with Crippen LogP contribution in [-0.2, 0) is 0 Å². The van der Waals surface area contributed by atoms with E-state index in [1.165, 1.54) is 0 Å². The topological polar surface area (TPSA) is 38.4 Å². The standard InChI is InChI=1S/C7H14N2/c1-5(6(2)8)7(3)9-4/h8H2,1-4H3/b6-5-,9-7-. The highest BCUT2D eigenvalue weighted by Crippen LogP contribution is 1.98. The van der Waals surface area contributed by atoms with E-state index in [4.69, 9.17) is 5.73 Å². The Kier molecular flexibility index (Phi) is 2.99. The van der Waals surface area contributed by atoms with Crippen molar-refractivity contribution >= 4 is 5.71 Å². The molecule has 0 heterocycles. The Labute approximate surface area is 56.5 Å². The van der Waals surface area contributed by atoms with Crippen LogP contribution >= 0.6 is 0 Å². The summed E-state index contributed by atoms with van der Waals surface area (Å²) in [7, 11) is 1.77. The predicted molar refractivity (Wildman–Crippen MR) is 41.6 cm³/mol. The van der Waals surface area contributed by atoms with Crippen molar-refractivity contribution in [1.82, 2.24) is 0 Å². The molecule has 9 heavy (non-hydrogen) atoms. The minimum absolute atomic E-state index is 0.845. The van der Waals surface area contributed by atoms with Crippen molar-refractivity contribution in [3.63, 3.8) is 0 Å². The molecule has 0 aliphatic heterocycles. The summed E-state index contributed by atoms with van der Waals surface area (Å²) in [5.41, 5.74) is 8.45. The van der Waals surface area contributed by atoms with E-state index in [1.807, 2.05) is 20.8 Å². The molecule has 52 valence electrons. The van der Waals surface area contributed by atoms with Crippen molar-refractivity contribution in [3.8, 4) is 0 Å². The molecule has 2 nitrogen and oxygen atoms in total. The van der Waals surface area contributed by atoms with Crippen molar-refractivity contribution in [3.05, 3.63) is 11.3 Å². The van der Waals surface area contributed by atoms with Gasteiger partial charge in [0, 0.05) is 18.5 Å². The van der Waals surface area contributed by atoms with Crippen molar-refractivity contribution in [2.24, 2.45) is 10.7 Å². The molecule has 0 rings (SSSR count). The van der Waals surface area contributed by atoms with Crippen LogP contribution in [0.4, 0.5) is 0 Å². The molecule has 0 radical (unpaired) electrons.